The van der Waals surface area contributed by atoms with Gasteiger partial charge in [-0.1, -0.05) is 26.8 Å². The number of ether oxygens (including phenoxy) is 1. The number of esters is 1. The molecule has 1 aliphatic carbocycles. The summed E-state index contributed by atoms with van der Waals surface area (Å²) in [5.74, 6) is -1.63. The molecule has 1 saturated carbocycles. The number of urea groups is 1. The van der Waals surface area contributed by atoms with Gasteiger partial charge in [-0.3, -0.25) is 10.1 Å². The first-order valence-corrected chi connectivity index (χ1v) is 12.5. The van der Waals surface area contributed by atoms with Gasteiger partial charge in [-0.15, -0.1) is 0 Å². The lowest BCUT2D eigenvalue weighted by Crippen LogP contribution is -2.44. The number of sulfonamides is 1. The molecule has 2 bridgehead atoms. The van der Waals surface area contributed by atoms with Crippen molar-refractivity contribution in [2.45, 2.75) is 70.9 Å². The number of hydrogen-bond donors (Lipinski definition) is 2. The van der Waals surface area contributed by atoms with Crippen LogP contribution in [0.5, 0.6) is 0 Å². The summed E-state index contributed by atoms with van der Waals surface area (Å²) in [5.41, 5.74) is 0.0232. The van der Waals surface area contributed by atoms with Crippen LogP contribution < -0.4 is 10.6 Å². The van der Waals surface area contributed by atoms with E-state index in [2.05, 4.69) is 31.4 Å². The average molecular weight is 480 g/mol. The molecule has 3 amide bonds. The molecule has 1 aromatic carbocycles. The first-order valence-electron chi connectivity index (χ1n) is 11.1. The van der Waals surface area contributed by atoms with E-state index in [1.807, 2.05) is 0 Å². The quantitative estimate of drug-likeness (QED) is 0.605. The zero-order valence-electron chi connectivity index (χ0n) is 19.8. The zero-order valence-corrected chi connectivity index (χ0v) is 20.6. The van der Waals surface area contributed by atoms with Crippen LogP contribution in [0.25, 0.3) is 0 Å². The minimum absolute atomic E-state index is 0.0178. The van der Waals surface area contributed by atoms with Crippen LogP contribution in [0, 0.1) is 10.8 Å². The Kier molecular flexibility index (Phi) is 6.91. The van der Waals surface area contributed by atoms with Crippen LogP contribution in [0.1, 0.15) is 64.2 Å². The van der Waals surface area contributed by atoms with Crippen LogP contribution in [0.15, 0.2) is 29.2 Å². The van der Waals surface area contributed by atoms with Crippen molar-refractivity contribution in [2.75, 3.05) is 13.2 Å². The molecule has 10 heteroatoms. The molecule has 182 valence electrons. The number of benzene rings is 1. The van der Waals surface area contributed by atoms with Gasteiger partial charge >= 0.3 is 12.0 Å². The van der Waals surface area contributed by atoms with Gasteiger partial charge in [-0.05, 0) is 62.1 Å². The Morgan fingerprint density at radius 3 is 2.55 bits per heavy atom. The molecule has 1 heterocycles. The van der Waals surface area contributed by atoms with Gasteiger partial charge < -0.3 is 10.1 Å². The summed E-state index contributed by atoms with van der Waals surface area (Å²) in [5, 5.41) is 4.54. The van der Waals surface area contributed by atoms with E-state index in [0.29, 0.717) is 6.54 Å². The van der Waals surface area contributed by atoms with E-state index in [4.69, 9.17) is 4.74 Å². The van der Waals surface area contributed by atoms with Crippen molar-refractivity contribution in [3.05, 3.63) is 29.8 Å². The third kappa shape index (κ3) is 5.92. The fraction of sp³-hybridized carbons (Fsp3) is 0.609. The maximum absolute atomic E-state index is 13.4. The third-order valence-electron chi connectivity index (χ3n) is 6.05. The van der Waals surface area contributed by atoms with Gasteiger partial charge in [0.15, 0.2) is 6.61 Å². The molecule has 0 aromatic heterocycles. The highest BCUT2D eigenvalue weighted by Crippen LogP contribution is 2.53. The molecule has 1 saturated heterocycles. The Bertz CT molecular complexity index is 1050. The first-order chi connectivity index (χ1) is 15.2. The summed E-state index contributed by atoms with van der Waals surface area (Å²) < 4.78 is 33.4. The molecule has 2 atom stereocenters. The van der Waals surface area contributed by atoms with E-state index in [0.717, 1.165) is 19.3 Å². The van der Waals surface area contributed by atoms with E-state index in [-0.39, 0.29) is 33.4 Å². The molecule has 9 nitrogen and oxygen atoms in total. The van der Waals surface area contributed by atoms with Gasteiger partial charge in [0.25, 0.3) is 5.91 Å². The Morgan fingerprint density at radius 1 is 1.18 bits per heavy atom. The Labute approximate surface area is 195 Å². The van der Waals surface area contributed by atoms with E-state index >= 15 is 0 Å². The number of rotatable bonds is 6. The molecule has 1 aliphatic heterocycles. The lowest BCUT2D eigenvalue weighted by molar-refractivity contribution is -0.123. The van der Waals surface area contributed by atoms with Gasteiger partial charge in [0.1, 0.15) is 0 Å². The van der Waals surface area contributed by atoms with Crippen molar-refractivity contribution in [2.24, 2.45) is 10.8 Å². The largest absolute Gasteiger partial charge is 0.452 e. The van der Waals surface area contributed by atoms with Crippen LogP contribution in [0.4, 0.5) is 4.79 Å². The minimum atomic E-state index is -3.80. The summed E-state index contributed by atoms with van der Waals surface area (Å²) in [7, 11) is -3.80. The van der Waals surface area contributed by atoms with Crippen LogP contribution in [0.3, 0.4) is 0 Å². The summed E-state index contributed by atoms with van der Waals surface area (Å²) in [4.78, 5) is 35.8. The van der Waals surface area contributed by atoms with Crippen molar-refractivity contribution < 1.29 is 27.5 Å². The topological polar surface area (TPSA) is 122 Å². The summed E-state index contributed by atoms with van der Waals surface area (Å²) in [6, 6.07) is 4.73. The van der Waals surface area contributed by atoms with E-state index in [1.54, 1.807) is 18.2 Å². The fourth-order valence-corrected chi connectivity index (χ4v) is 7.10. The lowest BCUT2D eigenvalue weighted by atomic mass is 9.65. The number of imide groups is 1. The second-order valence-electron chi connectivity index (χ2n) is 10.5. The van der Waals surface area contributed by atoms with Crippen LogP contribution in [0.2, 0.25) is 0 Å². The summed E-state index contributed by atoms with van der Waals surface area (Å²) >= 11 is 0. The van der Waals surface area contributed by atoms with Crippen molar-refractivity contribution in [1.29, 1.82) is 0 Å². The molecule has 0 radical (unpaired) electrons. The second kappa shape index (κ2) is 9.06. The SMILES string of the molecule is CC(C)NC(=O)NC(=O)COC(=O)c1cccc(S(=O)(=O)N2C[C@@]3(C)C[C@H]2CC(C)(C)C3)c1. The molecular formula is C23H33N3O6S. The highest BCUT2D eigenvalue weighted by molar-refractivity contribution is 7.89. The molecule has 0 unspecified atom stereocenters. The van der Waals surface area contributed by atoms with E-state index < -0.39 is 34.5 Å². The molecule has 2 aliphatic rings. The first kappa shape index (κ1) is 25.2. The molecule has 33 heavy (non-hydrogen) atoms. The lowest BCUT2D eigenvalue weighted by Gasteiger charge is -2.39. The predicted octanol–water partition coefficient (Wildman–Crippen LogP) is 2.67. The van der Waals surface area contributed by atoms with Gasteiger partial charge in [0.2, 0.25) is 10.0 Å². The second-order valence-corrected chi connectivity index (χ2v) is 12.4. The van der Waals surface area contributed by atoms with Gasteiger partial charge in [-0.25, -0.2) is 18.0 Å². The Hall–Kier alpha value is -2.46. The number of carbonyl (C=O) groups excluding carboxylic acids is 3. The molecule has 2 N–H and O–H groups in total. The minimum Gasteiger partial charge on any atom is -0.452 e. The number of nitrogens with one attached hydrogen (secondary N) is 2. The monoisotopic (exact) mass is 479 g/mol. The third-order valence-corrected chi connectivity index (χ3v) is 7.94. The van der Waals surface area contributed by atoms with E-state index in [9.17, 15) is 22.8 Å². The highest BCUT2D eigenvalue weighted by Gasteiger charge is 2.53. The number of amides is 3. The van der Waals surface area contributed by atoms with Crippen molar-refractivity contribution >= 4 is 27.9 Å². The molecule has 3 rings (SSSR count). The fourth-order valence-electron chi connectivity index (χ4n) is 5.28. The predicted molar refractivity (Wildman–Crippen MR) is 122 cm³/mol. The zero-order chi connectivity index (χ0) is 24.6. The van der Waals surface area contributed by atoms with Crippen LogP contribution in [-0.2, 0) is 19.6 Å². The molecule has 2 fully saturated rings. The van der Waals surface area contributed by atoms with Crippen molar-refractivity contribution in [1.82, 2.24) is 14.9 Å². The Morgan fingerprint density at radius 2 is 1.88 bits per heavy atom. The summed E-state index contributed by atoms with van der Waals surface area (Å²) in [6.45, 7) is 9.75. The number of fused-ring (bicyclic) bond motifs is 2. The normalized spacial score (nSPS) is 24.4. The van der Waals surface area contributed by atoms with Crippen molar-refractivity contribution in [3.8, 4) is 0 Å². The maximum Gasteiger partial charge on any atom is 0.338 e. The van der Waals surface area contributed by atoms with Crippen molar-refractivity contribution in [3.63, 3.8) is 0 Å². The van der Waals surface area contributed by atoms with Gasteiger partial charge in [0, 0.05) is 18.6 Å². The molecule has 0 spiro atoms. The average Bonchev–Trinajstić information content (AvgIpc) is 2.94. The highest BCUT2D eigenvalue weighted by atomic mass is 32.2. The van der Waals surface area contributed by atoms with Gasteiger partial charge in [0.05, 0.1) is 10.5 Å². The number of carbonyl (C=O) groups is 3. The maximum atomic E-state index is 13.4. The van der Waals surface area contributed by atoms with Crippen LogP contribution >= 0.6 is 0 Å². The standard InChI is InChI=1S/C23H33N3O6S/c1-15(2)24-21(29)25-19(27)12-32-20(28)16-7-6-8-18(9-16)33(30,31)26-14-23(5)11-17(26)10-22(3,4)13-23/h6-9,15,17H,10-14H2,1-5H3,(H2,24,25,27,29)/t17-,23+/m1/s1. The molecular weight excluding hydrogens is 446 g/mol. The van der Waals surface area contributed by atoms with Crippen LogP contribution in [-0.4, -0.2) is 55.9 Å². The smallest absolute Gasteiger partial charge is 0.338 e. The molecule has 1 aromatic rings. The van der Waals surface area contributed by atoms with E-state index in [1.165, 1.54) is 24.3 Å². The number of nitrogens with zero attached hydrogens (tertiary/aromatic N) is 1. The summed E-state index contributed by atoms with van der Waals surface area (Å²) in [6.07, 6.45) is 2.59. The number of hydrogen-bond acceptors (Lipinski definition) is 6. The van der Waals surface area contributed by atoms with Gasteiger partial charge in [-0.2, -0.15) is 4.31 Å². The Balaban J connectivity index is 1.68.